The second kappa shape index (κ2) is 2.52. The second-order valence-electron chi connectivity index (χ2n) is 2.77. The third-order valence-electron chi connectivity index (χ3n) is 1.61. The molecule has 0 saturated carbocycles. The minimum Gasteiger partial charge on any atom is -0.139 e. The molecule has 0 unspecified atom stereocenters. The first-order valence-electron chi connectivity index (χ1n) is 2.79. The average molecular weight is 141 g/mol. The van der Waals surface area contributed by atoms with Crippen LogP contribution in [0, 0.1) is 12.0 Å². The summed E-state index contributed by atoms with van der Waals surface area (Å²) in [5.74, 6) is 0. The van der Waals surface area contributed by atoms with E-state index in [1.54, 1.807) is 0 Å². The summed E-state index contributed by atoms with van der Waals surface area (Å²) in [4.78, 5) is 0. The molecule has 0 aromatic heterocycles. The van der Waals surface area contributed by atoms with Crippen molar-refractivity contribution in [2.75, 3.05) is 0 Å². The second-order valence-corrected chi connectivity index (χ2v) is 15.1. The smallest absolute Gasteiger partial charge is 0.120 e. The summed E-state index contributed by atoms with van der Waals surface area (Å²) in [7, 11) is -1.28. The summed E-state index contributed by atoms with van der Waals surface area (Å²) in [5.41, 5.74) is 2.92. The molecule has 0 atom stereocenters. The van der Waals surface area contributed by atoms with Gasteiger partial charge in [-0.2, -0.15) is 0 Å². The third kappa shape index (κ3) is 1.85. The number of rotatable bonds is 1. The van der Waals surface area contributed by atoms with Crippen molar-refractivity contribution in [3.8, 4) is 12.0 Å². The van der Waals surface area contributed by atoms with E-state index in [1.165, 1.54) is 0 Å². The van der Waals surface area contributed by atoms with Gasteiger partial charge in [0, 0.05) is 8.31 Å². The zero-order chi connectivity index (χ0) is 6.78. The van der Waals surface area contributed by atoms with Crippen LogP contribution >= 0.6 is 0 Å². The lowest BCUT2D eigenvalue weighted by Crippen LogP contribution is -2.39. The number of hydrogen-bond acceptors (Lipinski definition) is 0. The van der Waals surface area contributed by atoms with Gasteiger partial charge in [0.15, 0.2) is 0 Å². The SMILES string of the molecule is C#C[Si](C)(C)[Si](C)C. The highest BCUT2D eigenvalue weighted by Crippen LogP contribution is 2.03. The number of terminal acetylenes is 1. The molecule has 0 bridgehead atoms. The van der Waals surface area contributed by atoms with Gasteiger partial charge in [-0.1, -0.05) is 26.2 Å². The summed E-state index contributed by atoms with van der Waals surface area (Å²) < 4.78 is 0. The van der Waals surface area contributed by atoms with Crippen molar-refractivity contribution in [3.63, 3.8) is 0 Å². The van der Waals surface area contributed by atoms with Gasteiger partial charge < -0.3 is 0 Å². The van der Waals surface area contributed by atoms with E-state index in [0.717, 1.165) is 0 Å². The minimum absolute atomic E-state index is 0.159. The average Bonchev–Trinajstić information content (AvgIpc) is 1.67. The van der Waals surface area contributed by atoms with Crippen LogP contribution in [0.4, 0.5) is 0 Å². The fourth-order valence-electron chi connectivity index (χ4n) is 0.144. The predicted molar refractivity (Wildman–Crippen MR) is 43.8 cm³/mol. The largest absolute Gasteiger partial charge is 0.139 e. The normalized spacial score (nSPS) is 11.5. The Morgan fingerprint density at radius 1 is 1.38 bits per heavy atom. The van der Waals surface area contributed by atoms with Crippen molar-refractivity contribution in [1.82, 2.24) is 0 Å². The summed E-state index contributed by atoms with van der Waals surface area (Å²) in [6.07, 6.45) is 5.34. The maximum absolute atomic E-state index is 5.34. The summed E-state index contributed by atoms with van der Waals surface area (Å²) >= 11 is 0. The Morgan fingerprint density at radius 3 is 1.75 bits per heavy atom. The highest BCUT2D eigenvalue weighted by atomic mass is 29.2. The van der Waals surface area contributed by atoms with Crippen LogP contribution in [0.2, 0.25) is 26.2 Å². The molecule has 8 heavy (non-hydrogen) atoms. The van der Waals surface area contributed by atoms with Crippen molar-refractivity contribution in [2.45, 2.75) is 26.2 Å². The molecule has 45 valence electrons. The van der Waals surface area contributed by atoms with Gasteiger partial charge in [-0.3, -0.25) is 0 Å². The van der Waals surface area contributed by atoms with Crippen LogP contribution in [-0.4, -0.2) is 15.9 Å². The molecule has 0 fully saturated rings. The Hall–Kier alpha value is -0.00623. The van der Waals surface area contributed by atoms with Crippen LogP contribution in [0.5, 0.6) is 0 Å². The third-order valence-corrected chi connectivity index (χ3v) is 12.8. The molecular weight excluding hydrogens is 128 g/mol. The fourth-order valence-corrected chi connectivity index (χ4v) is 1.30. The molecule has 0 saturated heterocycles. The van der Waals surface area contributed by atoms with Gasteiger partial charge in [-0.05, 0) is 0 Å². The Morgan fingerprint density at radius 2 is 1.75 bits per heavy atom. The van der Waals surface area contributed by atoms with E-state index in [1.807, 2.05) is 0 Å². The van der Waals surface area contributed by atoms with Crippen molar-refractivity contribution >= 4 is 15.9 Å². The zero-order valence-electron chi connectivity index (χ0n) is 6.08. The highest BCUT2D eigenvalue weighted by molar-refractivity contribution is 7.35. The first kappa shape index (κ1) is 7.99. The van der Waals surface area contributed by atoms with Crippen LogP contribution < -0.4 is 0 Å². The first-order chi connectivity index (χ1) is 3.50. The van der Waals surface area contributed by atoms with E-state index in [-0.39, 0.29) is 8.31 Å². The van der Waals surface area contributed by atoms with E-state index in [4.69, 9.17) is 6.42 Å². The lowest BCUT2D eigenvalue weighted by atomic mass is 11.4. The fraction of sp³-hybridized carbons (Fsp3) is 0.667. The molecule has 0 aromatic rings. The lowest BCUT2D eigenvalue weighted by Gasteiger charge is -2.16. The molecule has 0 aromatic carbocycles. The standard InChI is InChI=1S/C6H13Si2/c1-6-8(4,5)7(2)3/h1H,2-5H3. The Balaban J connectivity index is 3.97. The predicted octanol–water partition coefficient (Wildman–Crippen LogP) is 1.70. The zero-order valence-corrected chi connectivity index (χ0v) is 8.08. The van der Waals surface area contributed by atoms with E-state index in [0.29, 0.717) is 0 Å². The van der Waals surface area contributed by atoms with Gasteiger partial charge in [0.1, 0.15) is 7.59 Å². The molecule has 0 N–H and O–H groups in total. The monoisotopic (exact) mass is 141 g/mol. The van der Waals surface area contributed by atoms with E-state index < -0.39 is 7.59 Å². The first-order valence-corrected chi connectivity index (χ1v) is 9.29. The minimum atomic E-state index is -1.12. The van der Waals surface area contributed by atoms with Crippen LogP contribution in [0.3, 0.4) is 0 Å². The van der Waals surface area contributed by atoms with Gasteiger partial charge in [-0.25, -0.2) is 0 Å². The van der Waals surface area contributed by atoms with Gasteiger partial charge in [0.2, 0.25) is 0 Å². The summed E-state index contributed by atoms with van der Waals surface area (Å²) in [5, 5.41) is 0. The molecule has 0 aliphatic heterocycles. The summed E-state index contributed by atoms with van der Waals surface area (Å²) in [6.45, 7) is 9.14. The van der Waals surface area contributed by atoms with Crippen LogP contribution in [-0.2, 0) is 0 Å². The van der Waals surface area contributed by atoms with Gasteiger partial charge in [-0.15, -0.1) is 12.0 Å². The van der Waals surface area contributed by atoms with Crippen LogP contribution in [0.1, 0.15) is 0 Å². The molecule has 2 heteroatoms. The molecular formula is C6H13Si2. The topological polar surface area (TPSA) is 0 Å². The van der Waals surface area contributed by atoms with E-state index in [9.17, 15) is 0 Å². The number of hydrogen-bond donors (Lipinski definition) is 0. The highest BCUT2D eigenvalue weighted by Gasteiger charge is 2.22. The quantitative estimate of drug-likeness (QED) is 0.385. The van der Waals surface area contributed by atoms with Gasteiger partial charge in [0.05, 0.1) is 0 Å². The van der Waals surface area contributed by atoms with Crippen molar-refractivity contribution in [2.24, 2.45) is 0 Å². The molecule has 0 rings (SSSR count). The van der Waals surface area contributed by atoms with Gasteiger partial charge in [0.25, 0.3) is 0 Å². The maximum atomic E-state index is 5.34. The molecule has 0 nitrogen and oxygen atoms in total. The van der Waals surface area contributed by atoms with E-state index >= 15 is 0 Å². The van der Waals surface area contributed by atoms with Crippen molar-refractivity contribution in [1.29, 1.82) is 0 Å². The van der Waals surface area contributed by atoms with Gasteiger partial charge >= 0.3 is 0 Å². The molecule has 0 spiro atoms. The lowest BCUT2D eigenvalue weighted by molar-refractivity contribution is 1.91. The molecule has 0 aliphatic carbocycles. The Bertz CT molecular complexity index is 108. The molecule has 1 radical (unpaired) electrons. The maximum Gasteiger partial charge on any atom is 0.120 e. The Labute approximate surface area is 54.7 Å². The van der Waals surface area contributed by atoms with Crippen molar-refractivity contribution < 1.29 is 0 Å². The molecule has 0 amide bonds. The van der Waals surface area contributed by atoms with E-state index in [2.05, 4.69) is 31.7 Å². The van der Waals surface area contributed by atoms with Crippen LogP contribution in [0.25, 0.3) is 0 Å². The van der Waals surface area contributed by atoms with Crippen molar-refractivity contribution in [3.05, 3.63) is 0 Å². The Kier molecular flexibility index (Phi) is 2.51. The molecule has 0 aliphatic rings. The van der Waals surface area contributed by atoms with Crippen LogP contribution in [0.15, 0.2) is 0 Å². The summed E-state index contributed by atoms with van der Waals surface area (Å²) in [6, 6.07) is 0. The molecule has 0 heterocycles.